The Balaban J connectivity index is 2.44. The average Bonchev–Trinajstić information content (AvgIpc) is 2.80. The van der Waals surface area contributed by atoms with Gasteiger partial charge in [0.2, 0.25) is 5.91 Å². The number of hydrogen-bond acceptors (Lipinski definition) is 7. The number of phenols is 2. The maximum absolute atomic E-state index is 13.4. The third-order valence-corrected chi connectivity index (χ3v) is 5.72. The van der Waals surface area contributed by atoms with Crippen LogP contribution in [-0.4, -0.2) is 86.3 Å². The number of amides is 1. The number of ether oxygens (including phenoxy) is 2. The fourth-order valence-corrected chi connectivity index (χ4v) is 3.88. The van der Waals surface area contributed by atoms with E-state index in [4.69, 9.17) is 9.47 Å². The van der Waals surface area contributed by atoms with E-state index in [9.17, 15) is 19.8 Å². The maximum Gasteiger partial charge on any atom is 0.227 e. The molecule has 2 N–H and O–H groups in total. The molecule has 0 radical (unpaired) electrons. The molecular formula is C26H36N2O6. The number of carbonyl (C=O) groups is 2. The second kappa shape index (κ2) is 13.0. The summed E-state index contributed by atoms with van der Waals surface area (Å²) in [6, 6.07) is 7.71. The number of ketones is 1. The van der Waals surface area contributed by atoms with Gasteiger partial charge < -0.3 is 29.5 Å². The molecule has 8 nitrogen and oxygen atoms in total. The van der Waals surface area contributed by atoms with E-state index in [0.29, 0.717) is 48.6 Å². The van der Waals surface area contributed by atoms with Gasteiger partial charge in [0, 0.05) is 31.8 Å². The van der Waals surface area contributed by atoms with E-state index < -0.39 is 5.78 Å². The second-order valence-electron chi connectivity index (χ2n) is 8.37. The standard InChI is InChI=1S/C26H36N2O6/c1-6-20-21(16-24(31)28(14-15-33-4)13-7-12-27(2)3)25(23(30)17-22(20)29)26(32)18-8-10-19(34-5)11-9-18/h8-11,17,29-30H,6-7,12-16H2,1-5H3. The number of carbonyl (C=O) groups excluding carboxylic acids is 2. The Bertz CT molecular complexity index is 972. The lowest BCUT2D eigenvalue weighted by molar-refractivity contribution is -0.131. The van der Waals surface area contributed by atoms with E-state index in [1.54, 1.807) is 36.3 Å². The molecule has 1 amide bonds. The first kappa shape index (κ1) is 27.1. The van der Waals surface area contributed by atoms with Crippen LogP contribution in [0.15, 0.2) is 30.3 Å². The third kappa shape index (κ3) is 6.95. The Labute approximate surface area is 201 Å². The molecular weight excluding hydrogens is 436 g/mol. The molecule has 0 spiro atoms. The van der Waals surface area contributed by atoms with Gasteiger partial charge in [-0.3, -0.25) is 9.59 Å². The molecule has 2 aromatic rings. The Morgan fingerprint density at radius 2 is 1.62 bits per heavy atom. The Morgan fingerprint density at radius 3 is 2.18 bits per heavy atom. The van der Waals surface area contributed by atoms with Gasteiger partial charge in [-0.15, -0.1) is 0 Å². The maximum atomic E-state index is 13.4. The molecule has 0 saturated carbocycles. The fraction of sp³-hybridized carbons (Fsp3) is 0.462. The minimum atomic E-state index is -0.422. The summed E-state index contributed by atoms with van der Waals surface area (Å²) < 4.78 is 10.3. The van der Waals surface area contributed by atoms with Crippen molar-refractivity contribution in [2.75, 3.05) is 54.6 Å². The van der Waals surface area contributed by atoms with Crippen LogP contribution in [0.1, 0.15) is 40.4 Å². The molecule has 0 aliphatic rings. The number of benzene rings is 2. The predicted molar refractivity (Wildman–Crippen MR) is 131 cm³/mol. The van der Waals surface area contributed by atoms with Gasteiger partial charge in [0.05, 0.1) is 25.7 Å². The van der Waals surface area contributed by atoms with Crippen LogP contribution in [0.4, 0.5) is 0 Å². The largest absolute Gasteiger partial charge is 0.508 e. The Hall–Kier alpha value is -3.10. The monoisotopic (exact) mass is 472 g/mol. The van der Waals surface area contributed by atoms with Crippen molar-refractivity contribution < 1.29 is 29.3 Å². The number of methoxy groups -OCH3 is 2. The highest BCUT2D eigenvalue weighted by molar-refractivity contribution is 6.12. The minimum Gasteiger partial charge on any atom is -0.508 e. The zero-order chi connectivity index (χ0) is 25.3. The lowest BCUT2D eigenvalue weighted by Gasteiger charge is -2.25. The Morgan fingerprint density at radius 1 is 0.941 bits per heavy atom. The van der Waals surface area contributed by atoms with Gasteiger partial charge in [-0.2, -0.15) is 0 Å². The minimum absolute atomic E-state index is 0.0353. The number of nitrogens with zero attached hydrogens (tertiary/aromatic N) is 2. The van der Waals surface area contributed by atoms with Crippen LogP contribution in [0.3, 0.4) is 0 Å². The van der Waals surface area contributed by atoms with Crippen molar-refractivity contribution in [1.82, 2.24) is 9.80 Å². The zero-order valence-corrected chi connectivity index (χ0v) is 20.8. The first-order chi connectivity index (χ1) is 16.2. The summed E-state index contributed by atoms with van der Waals surface area (Å²) in [5.41, 5.74) is 1.21. The van der Waals surface area contributed by atoms with E-state index in [2.05, 4.69) is 0 Å². The predicted octanol–water partition coefficient (Wildman–Crippen LogP) is 2.87. The zero-order valence-electron chi connectivity index (χ0n) is 20.8. The molecule has 2 rings (SSSR count). The van der Waals surface area contributed by atoms with Gasteiger partial charge in [-0.1, -0.05) is 6.92 Å². The summed E-state index contributed by atoms with van der Waals surface area (Å²) in [5, 5.41) is 21.1. The van der Waals surface area contributed by atoms with Gasteiger partial charge in [0.15, 0.2) is 5.78 Å². The van der Waals surface area contributed by atoms with Crippen molar-refractivity contribution in [3.63, 3.8) is 0 Å². The highest BCUT2D eigenvalue weighted by Crippen LogP contribution is 2.35. The molecule has 34 heavy (non-hydrogen) atoms. The van der Waals surface area contributed by atoms with Crippen LogP contribution < -0.4 is 4.74 Å². The van der Waals surface area contributed by atoms with Crippen LogP contribution in [-0.2, 0) is 22.4 Å². The second-order valence-corrected chi connectivity index (χ2v) is 8.37. The lowest BCUT2D eigenvalue weighted by atomic mass is 9.89. The van der Waals surface area contributed by atoms with Crippen LogP contribution >= 0.6 is 0 Å². The highest BCUT2D eigenvalue weighted by atomic mass is 16.5. The van der Waals surface area contributed by atoms with E-state index >= 15 is 0 Å². The summed E-state index contributed by atoms with van der Waals surface area (Å²) in [6.07, 6.45) is 1.07. The molecule has 8 heteroatoms. The van der Waals surface area contributed by atoms with Crippen LogP contribution in [0.5, 0.6) is 17.2 Å². The first-order valence-electron chi connectivity index (χ1n) is 11.4. The molecule has 0 unspecified atom stereocenters. The molecule has 0 fully saturated rings. The van der Waals surface area contributed by atoms with Crippen LogP contribution in [0.2, 0.25) is 0 Å². The van der Waals surface area contributed by atoms with Crippen molar-refractivity contribution in [3.8, 4) is 17.2 Å². The van der Waals surface area contributed by atoms with Gasteiger partial charge in [-0.05, 0) is 68.9 Å². The van der Waals surface area contributed by atoms with E-state index in [-0.39, 0.29) is 29.4 Å². The number of phenolic OH excluding ortho intramolecular Hbond substituents is 2. The molecule has 2 aromatic carbocycles. The van der Waals surface area contributed by atoms with E-state index in [0.717, 1.165) is 13.0 Å². The third-order valence-electron chi connectivity index (χ3n) is 5.72. The van der Waals surface area contributed by atoms with Crippen LogP contribution in [0.25, 0.3) is 0 Å². The number of aromatic hydroxyl groups is 2. The summed E-state index contributed by atoms with van der Waals surface area (Å²) in [4.78, 5) is 30.5. The summed E-state index contributed by atoms with van der Waals surface area (Å²) in [6.45, 7) is 4.00. The molecule has 0 saturated heterocycles. The molecule has 0 aromatic heterocycles. The van der Waals surface area contributed by atoms with Crippen LogP contribution in [0, 0.1) is 0 Å². The molecule has 0 aliphatic carbocycles. The van der Waals surface area contributed by atoms with Gasteiger partial charge >= 0.3 is 0 Å². The normalized spacial score (nSPS) is 11.0. The van der Waals surface area contributed by atoms with Gasteiger partial charge in [-0.25, -0.2) is 0 Å². The van der Waals surface area contributed by atoms with Crippen molar-refractivity contribution >= 4 is 11.7 Å². The van der Waals surface area contributed by atoms with Crippen molar-refractivity contribution in [2.24, 2.45) is 0 Å². The average molecular weight is 473 g/mol. The molecule has 0 aliphatic heterocycles. The Kier molecular flexibility index (Phi) is 10.3. The van der Waals surface area contributed by atoms with Crippen molar-refractivity contribution in [2.45, 2.75) is 26.2 Å². The first-order valence-corrected chi connectivity index (χ1v) is 11.4. The molecule has 0 atom stereocenters. The topological polar surface area (TPSA) is 99.5 Å². The van der Waals surface area contributed by atoms with Gasteiger partial charge in [0.25, 0.3) is 0 Å². The SMILES string of the molecule is CCc1c(O)cc(O)c(C(=O)c2ccc(OC)cc2)c1CC(=O)N(CCCN(C)C)CCOC. The lowest BCUT2D eigenvalue weighted by Crippen LogP contribution is -2.37. The quantitative estimate of drug-likeness (QED) is 0.433. The number of hydrogen-bond donors (Lipinski definition) is 2. The summed E-state index contributed by atoms with van der Waals surface area (Å²) in [7, 11) is 7.06. The van der Waals surface area contributed by atoms with Crippen molar-refractivity contribution in [3.05, 3.63) is 52.6 Å². The summed E-state index contributed by atoms with van der Waals surface area (Å²) >= 11 is 0. The van der Waals surface area contributed by atoms with Gasteiger partial charge in [0.1, 0.15) is 17.2 Å². The molecule has 0 heterocycles. The molecule has 0 bridgehead atoms. The van der Waals surface area contributed by atoms with Crippen molar-refractivity contribution in [1.29, 1.82) is 0 Å². The highest BCUT2D eigenvalue weighted by Gasteiger charge is 2.26. The smallest absolute Gasteiger partial charge is 0.227 e. The van der Waals surface area contributed by atoms with E-state index in [1.807, 2.05) is 25.9 Å². The number of rotatable bonds is 13. The van der Waals surface area contributed by atoms with E-state index in [1.165, 1.54) is 13.2 Å². The summed E-state index contributed by atoms with van der Waals surface area (Å²) in [5.74, 6) is -0.505. The molecule has 186 valence electrons. The fourth-order valence-electron chi connectivity index (χ4n) is 3.88.